The van der Waals surface area contributed by atoms with E-state index in [1.165, 1.54) is 18.4 Å². The smallest absolute Gasteiger partial charge is 0.0528 e. The molecule has 1 fully saturated rings. The van der Waals surface area contributed by atoms with E-state index in [0.717, 1.165) is 19.8 Å². The molecule has 1 rings (SSSR count). The number of likely N-dealkylation sites (N-methyl/N-ethyl adjacent to an activating group) is 1. The number of rotatable bonds is 4. The Morgan fingerprint density at radius 3 is 2.86 bits per heavy atom. The second-order valence-electron chi connectivity index (χ2n) is 4.40. The summed E-state index contributed by atoms with van der Waals surface area (Å²) in [7, 11) is 2.01. The largest absolute Gasteiger partial charge is 0.381 e. The summed E-state index contributed by atoms with van der Waals surface area (Å²) in [6.07, 6.45) is 4.92. The molecule has 14 heavy (non-hydrogen) atoms. The molecule has 1 N–H and O–H groups in total. The second kappa shape index (κ2) is 6.20. The van der Waals surface area contributed by atoms with Crippen LogP contribution in [0.2, 0.25) is 0 Å². The summed E-state index contributed by atoms with van der Waals surface area (Å²) in [4.78, 5) is 0. The van der Waals surface area contributed by atoms with Gasteiger partial charge in [-0.25, -0.2) is 0 Å². The highest BCUT2D eigenvalue weighted by atomic mass is 16.5. The molecule has 0 aromatic rings. The Morgan fingerprint density at radius 2 is 2.36 bits per heavy atom. The third kappa shape index (κ3) is 3.81. The molecule has 1 unspecified atom stereocenters. The van der Waals surface area contributed by atoms with Gasteiger partial charge in [-0.1, -0.05) is 25.5 Å². The van der Waals surface area contributed by atoms with Crippen molar-refractivity contribution < 1.29 is 4.74 Å². The summed E-state index contributed by atoms with van der Waals surface area (Å²) in [5.41, 5.74) is 1.52. The topological polar surface area (TPSA) is 21.3 Å². The Kier molecular flexibility index (Phi) is 5.20. The zero-order valence-electron chi connectivity index (χ0n) is 9.68. The van der Waals surface area contributed by atoms with E-state index in [1.54, 1.807) is 0 Å². The molecule has 1 heterocycles. The average Bonchev–Trinajstić information content (AvgIpc) is 2.18. The molecule has 0 radical (unpaired) electrons. The molecular weight excluding hydrogens is 174 g/mol. The van der Waals surface area contributed by atoms with Crippen molar-refractivity contribution in [3.63, 3.8) is 0 Å². The molecule has 1 aliphatic heterocycles. The van der Waals surface area contributed by atoms with E-state index in [2.05, 4.69) is 25.2 Å². The van der Waals surface area contributed by atoms with Gasteiger partial charge in [-0.2, -0.15) is 0 Å². The van der Waals surface area contributed by atoms with Crippen molar-refractivity contribution in [3.05, 3.63) is 11.6 Å². The van der Waals surface area contributed by atoms with Crippen LogP contribution in [-0.4, -0.2) is 26.8 Å². The molecule has 1 atom stereocenters. The van der Waals surface area contributed by atoms with Crippen LogP contribution < -0.4 is 5.32 Å². The fraction of sp³-hybridized carbons (Fsp3) is 0.833. The minimum Gasteiger partial charge on any atom is -0.381 e. The van der Waals surface area contributed by atoms with Crippen molar-refractivity contribution in [2.75, 3.05) is 26.8 Å². The van der Waals surface area contributed by atoms with Crippen LogP contribution in [-0.2, 0) is 4.74 Å². The van der Waals surface area contributed by atoms with Crippen LogP contribution in [0.15, 0.2) is 11.6 Å². The van der Waals surface area contributed by atoms with Crippen molar-refractivity contribution in [2.24, 2.45) is 11.8 Å². The van der Waals surface area contributed by atoms with Crippen LogP contribution in [0.5, 0.6) is 0 Å². The zero-order chi connectivity index (χ0) is 10.4. The Labute approximate surface area is 87.7 Å². The first-order chi connectivity index (χ1) is 6.74. The fourth-order valence-electron chi connectivity index (χ4n) is 1.86. The summed E-state index contributed by atoms with van der Waals surface area (Å²) < 4.78 is 5.48. The van der Waals surface area contributed by atoms with E-state index in [1.807, 2.05) is 7.05 Å². The molecular formula is C12H23NO. The Bertz CT molecular complexity index is 181. The van der Waals surface area contributed by atoms with Crippen molar-refractivity contribution in [2.45, 2.75) is 26.7 Å². The molecule has 0 amide bonds. The normalized spacial score (nSPS) is 24.3. The Hall–Kier alpha value is -0.340. The molecule has 0 aliphatic carbocycles. The standard InChI is InChI=1S/C12H23NO/c1-10(2)12(8-13-3)7-11-5-4-6-14-9-11/h7,10-11,13H,4-6,8-9H2,1-3H3. The number of ether oxygens (including phenoxy) is 1. The molecule has 82 valence electrons. The molecule has 1 aliphatic rings. The third-order valence-corrected chi connectivity index (χ3v) is 2.77. The van der Waals surface area contributed by atoms with E-state index >= 15 is 0 Å². The monoisotopic (exact) mass is 197 g/mol. The molecule has 0 spiro atoms. The van der Waals surface area contributed by atoms with Crippen LogP contribution in [0.1, 0.15) is 26.7 Å². The first-order valence-corrected chi connectivity index (χ1v) is 5.67. The highest BCUT2D eigenvalue weighted by Crippen LogP contribution is 2.19. The van der Waals surface area contributed by atoms with Gasteiger partial charge >= 0.3 is 0 Å². The minimum absolute atomic E-state index is 0.643. The van der Waals surface area contributed by atoms with E-state index in [9.17, 15) is 0 Å². The predicted octanol–water partition coefficient (Wildman–Crippen LogP) is 2.21. The first kappa shape index (κ1) is 11.7. The van der Waals surface area contributed by atoms with Gasteiger partial charge in [0.25, 0.3) is 0 Å². The van der Waals surface area contributed by atoms with Crippen LogP contribution >= 0.6 is 0 Å². The molecule has 1 saturated heterocycles. The van der Waals surface area contributed by atoms with Crippen LogP contribution in [0, 0.1) is 11.8 Å². The van der Waals surface area contributed by atoms with Gasteiger partial charge in [-0.05, 0) is 25.8 Å². The summed E-state index contributed by atoms with van der Waals surface area (Å²) >= 11 is 0. The van der Waals surface area contributed by atoms with Crippen LogP contribution in [0.4, 0.5) is 0 Å². The predicted molar refractivity (Wildman–Crippen MR) is 60.4 cm³/mol. The lowest BCUT2D eigenvalue weighted by Gasteiger charge is -2.21. The van der Waals surface area contributed by atoms with Gasteiger partial charge < -0.3 is 10.1 Å². The number of nitrogens with one attached hydrogen (secondary N) is 1. The van der Waals surface area contributed by atoms with Crippen molar-refractivity contribution in [1.29, 1.82) is 0 Å². The third-order valence-electron chi connectivity index (χ3n) is 2.77. The molecule has 0 aromatic carbocycles. The van der Waals surface area contributed by atoms with Gasteiger partial charge in [0.15, 0.2) is 0 Å². The van der Waals surface area contributed by atoms with Gasteiger partial charge in [-0.15, -0.1) is 0 Å². The zero-order valence-corrected chi connectivity index (χ0v) is 9.68. The fourth-order valence-corrected chi connectivity index (χ4v) is 1.86. The van der Waals surface area contributed by atoms with Crippen molar-refractivity contribution in [3.8, 4) is 0 Å². The van der Waals surface area contributed by atoms with Gasteiger partial charge in [-0.3, -0.25) is 0 Å². The SMILES string of the molecule is CNCC(=CC1CCCOC1)C(C)C. The number of hydrogen-bond donors (Lipinski definition) is 1. The Morgan fingerprint density at radius 1 is 1.57 bits per heavy atom. The van der Waals surface area contributed by atoms with Gasteiger partial charge in [0.1, 0.15) is 0 Å². The maximum absolute atomic E-state index is 5.48. The first-order valence-electron chi connectivity index (χ1n) is 5.67. The highest BCUT2D eigenvalue weighted by molar-refractivity contribution is 5.09. The lowest BCUT2D eigenvalue weighted by molar-refractivity contribution is 0.0706. The molecule has 0 bridgehead atoms. The van der Waals surface area contributed by atoms with Crippen LogP contribution in [0.3, 0.4) is 0 Å². The summed E-state index contributed by atoms with van der Waals surface area (Å²) in [6.45, 7) is 7.39. The van der Waals surface area contributed by atoms with Crippen LogP contribution in [0.25, 0.3) is 0 Å². The maximum atomic E-state index is 5.48. The minimum atomic E-state index is 0.643. The van der Waals surface area contributed by atoms with E-state index in [4.69, 9.17) is 4.74 Å². The molecule has 0 saturated carbocycles. The van der Waals surface area contributed by atoms with E-state index < -0.39 is 0 Å². The summed E-state index contributed by atoms with van der Waals surface area (Å²) in [6, 6.07) is 0. The maximum Gasteiger partial charge on any atom is 0.0528 e. The van der Waals surface area contributed by atoms with Crippen molar-refractivity contribution >= 4 is 0 Å². The summed E-state index contributed by atoms with van der Waals surface area (Å²) in [5, 5.41) is 3.23. The molecule has 2 heteroatoms. The van der Waals surface area contributed by atoms with E-state index in [-0.39, 0.29) is 0 Å². The van der Waals surface area contributed by atoms with Gasteiger partial charge in [0.05, 0.1) is 6.61 Å². The highest BCUT2D eigenvalue weighted by Gasteiger charge is 2.13. The summed E-state index contributed by atoms with van der Waals surface area (Å²) in [5.74, 6) is 1.29. The average molecular weight is 197 g/mol. The van der Waals surface area contributed by atoms with Gasteiger partial charge in [0.2, 0.25) is 0 Å². The molecule has 2 nitrogen and oxygen atoms in total. The Balaban J connectivity index is 2.50. The quantitative estimate of drug-likeness (QED) is 0.698. The lowest BCUT2D eigenvalue weighted by Crippen LogP contribution is -2.19. The molecule has 0 aromatic heterocycles. The lowest BCUT2D eigenvalue weighted by atomic mass is 9.94. The van der Waals surface area contributed by atoms with Crippen molar-refractivity contribution in [1.82, 2.24) is 5.32 Å². The van der Waals surface area contributed by atoms with Gasteiger partial charge in [0, 0.05) is 19.1 Å². The van der Waals surface area contributed by atoms with E-state index in [0.29, 0.717) is 11.8 Å². The second-order valence-corrected chi connectivity index (χ2v) is 4.40. The number of hydrogen-bond acceptors (Lipinski definition) is 2.